The van der Waals surface area contributed by atoms with Gasteiger partial charge in [-0.15, -0.1) is 0 Å². The lowest BCUT2D eigenvalue weighted by Crippen LogP contribution is -2.27. The van der Waals surface area contributed by atoms with Crippen molar-refractivity contribution in [3.63, 3.8) is 0 Å². The number of hydrogen-bond acceptors (Lipinski definition) is 4. The van der Waals surface area contributed by atoms with Crippen LogP contribution in [0.1, 0.15) is 40.3 Å². The second-order valence-electron chi connectivity index (χ2n) is 8.45. The first-order valence-corrected chi connectivity index (χ1v) is 11.1. The number of alkyl halides is 3. The number of fused-ring (bicyclic) bond motifs is 3. The van der Waals surface area contributed by atoms with Gasteiger partial charge in [-0.25, -0.2) is 0 Å². The highest BCUT2D eigenvalue weighted by Gasteiger charge is 2.30. The smallest absolute Gasteiger partial charge is 0.416 e. The van der Waals surface area contributed by atoms with Gasteiger partial charge in [-0.05, 0) is 68.4 Å². The molecule has 9 heteroatoms. The van der Waals surface area contributed by atoms with Crippen molar-refractivity contribution >= 4 is 27.6 Å². The molecule has 1 atom stereocenters. The van der Waals surface area contributed by atoms with E-state index in [1.165, 1.54) is 23.0 Å². The molecule has 0 radical (unpaired) electrons. The van der Waals surface area contributed by atoms with Crippen molar-refractivity contribution < 1.29 is 22.4 Å². The molecule has 3 heterocycles. The Morgan fingerprint density at radius 3 is 2.47 bits per heavy atom. The second kappa shape index (κ2) is 8.67. The monoisotopic (exact) mass is 491 g/mol. The van der Waals surface area contributed by atoms with Gasteiger partial charge < -0.3 is 9.73 Å². The minimum Gasteiger partial charge on any atom is -0.468 e. The quantitative estimate of drug-likeness (QED) is 0.337. The molecular weight excluding hydrogens is 471 g/mol. The van der Waals surface area contributed by atoms with Crippen LogP contribution >= 0.6 is 0 Å². The Bertz CT molecular complexity index is 1650. The number of carbonyl (C=O) groups is 1. The number of pyridine rings is 2. The Kier molecular flexibility index (Phi) is 5.62. The highest BCUT2D eigenvalue weighted by Crippen LogP contribution is 2.32. The summed E-state index contributed by atoms with van der Waals surface area (Å²) in [6.07, 6.45) is -1.53. The average Bonchev–Trinajstić information content (AvgIpc) is 3.26. The van der Waals surface area contributed by atoms with Crippen LogP contribution in [0.4, 0.5) is 13.2 Å². The molecule has 5 aromatic rings. The highest BCUT2D eigenvalue weighted by atomic mass is 19.4. The molecule has 0 fully saturated rings. The summed E-state index contributed by atoms with van der Waals surface area (Å²) in [5.74, 6) is 0.155. The number of benzene rings is 2. The number of rotatable bonds is 4. The van der Waals surface area contributed by atoms with Gasteiger partial charge in [0.15, 0.2) is 0 Å². The van der Waals surface area contributed by atoms with Gasteiger partial charge in [-0.1, -0.05) is 6.07 Å². The van der Waals surface area contributed by atoms with E-state index in [1.54, 1.807) is 37.4 Å². The fourth-order valence-corrected chi connectivity index (χ4v) is 4.29. The van der Waals surface area contributed by atoms with Crippen LogP contribution in [0.25, 0.3) is 27.4 Å². The van der Waals surface area contributed by atoms with Crippen molar-refractivity contribution in [3.8, 4) is 5.69 Å². The van der Waals surface area contributed by atoms with Crippen LogP contribution in [0.2, 0.25) is 0 Å². The maximum Gasteiger partial charge on any atom is 0.416 e. The van der Waals surface area contributed by atoms with Gasteiger partial charge >= 0.3 is 6.18 Å². The lowest BCUT2D eigenvalue weighted by atomic mass is 10.0. The molecular formula is C27H20F3N3O3. The molecule has 5 rings (SSSR count). The van der Waals surface area contributed by atoms with Gasteiger partial charge in [0.05, 0.1) is 28.2 Å². The van der Waals surface area contributed by atoms with Crippen molar-refractivity contribution in [3.05, 3.63) is 106 Å². The van der Waals surface area contributed by atoms with Crippen molar-refractivity contribution in [1.29, 1.82) is 0 Å². The van der Waals surface area contributed by atoms with Crippen LogP contribution in [-0.4, -0.2) is 15.5 Å². The minimum absolute atomic E-state index is 0.263. The maximum absolute atomic E-state index is 13.4. The first-order valence-electron chi connectivity index (χ1n) is 11.1. The standard InChI is InChI=1S/C27H20F3N3O3/c1-15(22-5-3-4-12-31-22)32-25(34)17-6-11-23-20(13-17)24-16(2)36-14-21(24)26(35)33(23)19-9-7-18(8-10-19)27(28,29)30/h3-15H,1-2H3,(H,32,34)/t15-/m0/s1. The fourth-order valence-electron chi connectivity index (χ4n) is 4.29. The molecule has 1 amide bonds. The lowest BCUT2D eigenvalue weighted by Gasteiger charge is -2.16. The van der Waals surface area contributed by atoms with Crippen LogP contribution in [0.5, 0.6) is 0 Å². The molecule has 182 valence electrons. The first kappa shape index (κ1) is 23.3. The summed E-state index contributed by atoms with van der Waals surface area (Å²) in [7, 11) is 0. The molecule has 0 saturated carbocycles. The van der Waals surface area contributed by atoms with Gasteiger partial charge in [-0.3, -0.25) is 19.1 Å². The Labute approximate surface area is 203 Å². The third kappa shape index (κ3) is 4.02. The van der Waals surface area contributed by atoms with Crippen molar-refractivity contribution in [2.75, 3.05) is 0 Å². The third-order valence-corrected chi connectivity index (χ3v) is 6.11. The zero-order chi connectivity index (χ0) is 25.6. The molecule has 0 aliphatic rings. The summed E-state index contributed by atoms with van der Waals surface area (Å²) in [5, 5.41) is 4.29. The molecule has 36 heavy (non-hydrogen) atoms. The van der Waals surface area contributed by atoms with Gasteiger partial charge in [-0.2, -0.15) is 13.2 Å². The van der Waals surface area contributed by atoms with Crippen molar-refractivity contribution in [2.24, 2.45) is 0 Å². The van der Waals surface area contributed by atoms with Gasteiger partial charge in [0.2, 0.25) is 0 Å². The topological polar surface area (TPSA) is 77.1 Å². The number of amides is 1. The first-order chi connectivity index (χ1) is 17.1. The summed E-state index contributed by atoms with van der Waals surface area (Å²) in [5.41, 5.74) is 0.506. The summed E-state index contributed by atoms with van der Waals surface area (Å²) < 4.78 is 46.0. The van der Waals surface area contributed by atoms with Crippen LogP contribution in [0.15, 0.2) is 82.3 Å². The van der Waals surface area contributed by atoms with Gasteiger partial charge in [0, 0.05) is 28.2 Å². The molecule has 3 aromatic heterocycles. The molecule has 0 saturated heterocycles. The number of hydrogen-bond donors (Lipinski definition) is 1. The average molecular weight is 491 g/mol. The van der Waals surface area contributed by atoms with E-state index in [-0.39, 0.29) is 23.0 Å². The van der Waals surface area contributed by atoms with E-state index in [4.69, 9.17) is 4.42 Å². The number of carbonyl (C=O) groups excluding carboxylic acids is 1. The van der Waals surface area contributed by atoms with E-state index in [0.717, 1.165) is 12.1 Å². The molecule has 6 nitrogen and oxygen atoms in total. The van der Waals surface area contributed by atoms with Crippen molar-refractivity contribution in [1.82, 2.24) is 14.9 Å². The van der Waals surface area contributed by atoms with Crippen LogP contribution in [-0.2, 0) is 6.18 Å². The van der Waals surface area contributed by atoms with E-state index in [2.05, 4.69) is 10.3 Å². The van der Waals surface area contributed by atoms with Gasteiger partial charge in [0.1, 0.15) is 12.0 Å². The molecule has 0 aliphatic heterocycles. The summed E-state index contributed by atoms with van der Waals surface area (Å²) in [6, 6.07) is 14.3. The molecule has 0 spiro atoms. The maximum atomic E-state index is 13.4. The lowest BCUT2D eigenvalue weighted by molar-refractivity contribution is -0.137. The minimum atomic E-state index is -4.49. The molecule has 1 N–H and O–H groups in total. The Hall–Kier alpha value is -4.40. The summed E-state index contributed by atoms with van der Waals surface area (Å²) in [4.78, 5) is 30.7. The number of furan rings is 1. The molecule has 0 bridgehead atoms. The zero-order valence-electron chi connectivity index (χ0n) is 19.3. The van der Waals surface area contributed by atoms with E-state index < -0.39 is 17.3 Å². The predicted octanol–water partition coefficient (Wildman–Crippen LogP) is 5.95. The largest absolute Gasteiger partial charge is 0.468 e. The van der Waals surface area contributed by atoms with Crippen LogP contribution in [0, 0.1) is 6.92 Å². The SMILES string of the molecule is Cc1occ2c(=O)n(-c3ccc(C(F)(F)F)cc3)c3ccc(C(=O)N[C@@H](C)c4ccccn4)cc3c12. The Morgan fingerprint density at radius 1 is 1.06 bits per heavy atom. The second-order valence-corrected chi connectivity index (χ2v) is 8.45. The molecule has 0 unspecified atom stereocenters. The van der Waals surface area contributed by atoms with E-state index in [0.29, 0.717) is 33.3 Å². The summed E-state index contributed by atoms with van der Waals surface area (Å²) in [6.45, 7) is 3.53. The number of nitrogens with one attached hydrogen (secondary N) is 1. The number of halogens is 3. The summed E-state index contributed by atoms with van der Waals surface area (Å²) >= 11 is 0. The zero-order valence-corrected chi connectivity index (χ0v) is 19.3. The van der Waals surface area contributed by atoms with E-state index in [9.17, 15) is 22.8 Å². The van der Waals surface area contributed by atoms with Crippen LogP contribution < -0.4 is 10.9 Å². The number of aryl methyl sites for hydroxylation is 1. The van der Waals surface area contributed by atoms with E-state index in [1.807, 2.05) is 19.1 Å². The third-order valence-electron chi connectivity index (χ3n) is 6.11. The number of nitrogens with zero attached hydrogens (tertiary/aromatic N) is 2. The molecule has 0 aliphatic carbocycles. The molecule has 2 aromatic carbocycles. The number of aromatic nitrogens is 2. The predicted molar refractivity (Wildman–Crippen MR) is 129 cm³/mol. The normalized spacial score (nSPS) is 12.7. The fraction of sp³-hybridized carbons (Fsp3) is 0.148. The van der Waals surface area contributed by atoms with Crippen molar-refractivity contribution in [2.45, 2.75) is 26.1 Å². The Morgan fingerprint density at radius 2 is 1.81 bits per heavy atom. The Balaban J connectivity index is 1.64. The van der Waals surface area contributed by atoms with Gasteiger partial charge in [0.25, 0.3) is 11.5 Å². The highest BCUT2D eigenvalue weighted by molar-refractivity contribution is 6.10. The van der Waals surface area contributed by atoms with Crippen LogP contribution in [0.3, 0.4) is 0 Å². The van der Waals surface area contributed by atoms with E-state index >= 15 is 0 Å².